The quantitative estimate of drug-likeness (QED) is 0.588. The van der Waals surface area contributed by atoms with Crippen molar-refractivity contribution in [2.24, 2.45) is 5.41 Å². The number of rotatable bonds is 4. The first-order valence-electron chi connectivity index (χ1n) is 6.38. The molecule has 0 aromatic carbocycles. The highest BCUT2D eigenvalue weighted by Crippen LogP contribution is 2.48. The summed E-state index contributed by atoms with van der Waals surface area (Å²) >= 11 is 0. The third-order valence-corrected chi connectivity index (χ3v) is 5.64. The Kier molecular flexibility index (Phi) is 4.91. The summed E-state index contributed by atoms with van der Waals surface area (Å²) in [5.41, 5.74) is 2.71. The molecule has 1 saturated carbocycles. The van der Waals surface area contributed by atoms with E-state index in [1.807, 2.05) is 0 Å². The summed E-state index contributed by atoms with van der Waals surface area (Å²) in [6, 6.07) is 0. The van der Waals surface area contributed by atoms with Gasteiger partial charge in [-0.15, -0.1) is 8.58 Å². The van der Waals surface area contributed by atoms with Crippen LogP contribution in [0.3, 0.4) is 0 Å². The van der Waals surface area contributed by atoms with Crippen molar-refractivity contribution in [1.29, 1.82) is 0 Å². The van der Waals surface area contributed by atoms with Crippen LogP contribution in [0.4, 0.5) is 0 Å². The van der Waals surface area contributed by atoms with E-state index >= 15 is 0 Å². The van der Waals surface area contributed by atoms with Crippen LogP contribution in [0, 0.1) is 5.41 Å². The zero-order valence-corrected chi connectivity index (χ0v) is 11.4. The second-order valence-electron chi connectivity index (χ2n) is 5.32. The maximum Gasteiger partial charge on any atom is -0.0229 e. The molecule has 0 aromatic heterocycles. The molecule has 0 bridgehead atoms. The van der Waals surface area contributed by atoms with E-state index < -0.39 is 0 Å². The Hall–Kier alpha value is 0.430. The molecule has 2 atom stereocenters. The van der Waals surface area contributed by atoms with E-state index in [9.17, 15) is 0 Å². The number of hydrogen-bond donors (Lipinski definition) is 0. The van der Waals surface area contributed by atoms with Crippen LogP contribution >= 0.6 is 8.58 Å². The molecule has 0 amide bonds. The predicted molar refractivity (Wildman–Crippen MR) is 68.7 cm³/mol. The van der Waals surface area contributed by atoms with Gasteiger partial charge in [0.15, 0.2) is 0 Å². The normalized spacial score (nSPS) is 27.6. The van der Waals surface area contributed by atoms with Gasteiger partial charge in [0.25, 0.3) is 0 Å². The maximum atomic E-state index is 2.39. The van der Waals surface area contributed by atoms with Gasteiger partial charge < -0.3 is 0 Å². The average molecular weight is 214 g/mol. The molecule has 0 radical (unpaired) electrons. The van der Waals surface area contributed by atoms with Gasteiger partial charge in [0.1, 0.15) is 0 Å². The van der Waals surface area contributed by atoms with E-state index in [1.54, 1.807) is 0 Å². The van der Waals surface area contributed by atoms with Crippen LogP contribution in [0.25, 0.3) is 0 Å². The van der Waals surface area contributed by atoms with Crippen molar-refractivity contribution in [1.82, 2.24) is 0 Å². The fraction of sp³-hybridized carbons (Fsp3) is 1.00. The predicted octanol–water partition coefficient (Wildman–Crippen LogP) is 4.82. The van der Waals surface area contributed by atoms with Crippen LogP contribution < -0.4 is 0 Å². The Morgan fingerprint density at radius 2 is 1.93 bits per heavy atom. The minimum atomic E-state index is 0.727. The fourth-order valence-electron chi connectivity index (χ4n) is 2.96. The van der Waals surface area contributed by atoms with Crippen molar-refractivity contribution in [2.75, 3.05) is 0 Å². The van der Waals surface area contributed by atoms with E-state index in [1.165, 1.54) is 47.1 Å². The molecule has 0 nitrogen and oxygen atoms in total. The Morgan fingerprint density at radius 1 is 1.29 bits per heavy atom. The highest BCUT2D eigenvalue weighted by Gasteiger charge is 2.33. The molecule has 1 rings (SSSR count). The van der Waals surface area contributed by atoms with Gasteiger partial charge >= 0.3 is 0 Å². The lowest BCUT2D eigenvalue weighted by atomic mass is 9.70. The molecule has 0 N–H and O–H groups in total. The van der Waals surface area contributed by atoms with E-state index in [4.69, 9.17) is 0 Å². The van der Waals surface area contributed by atoms with Crippen molar-refractivity contribution < 1.29 is 0 Å². The lowest BCUT2D eigenvalue weighted by Gasteiger charge is -2.40. The molecule has 1 heteroatoms. The smallest absolute Gasteiger partial charge is 0.0229 e. The number of hydrogen-bond acceptors (Lipinski definition) is 0. The van der Waals surface area contributed by atoms with Crippen molar-refractivity contribution in [3.8, 4) is 0 Å². The van der Waals surface area contributed by atoms with Gasteiger partial charge in [0, 0.05) is 0 Å². The lowest BCUT2D eigenvalue weighted by Crippen LogP contribution is -2.28. The van der Waals surface area contributed by atoms with Gasteiger partial charge in [-0.2, -0.15) is 0 Å². The zero-order valence-electron chi connectivity index (χ0n) is 10.4. The lowest BCUT2D eigenvalue weighted by molar-refractivity contribution is 0.177. The standard InChI is InChI=1S/C13H27P/c1-5-13(6-2)9-7-8-12(10-13)14-11(3)4/h11-12,14H,5-10H2,1-4H3. The molecular formula is C13H27P. The zero-order chi connectivity index (χ0) is 10.6. The highest BCUT2D eigenvalue weighted by molar-refractivity contribution is 7.39. The molecule has 0 spiro atoms. The van der Waals surface area contributed by atoms with Crippen LogP contribution in [-0.2, 0) is 0 Å². The van der Waals surface area contributed by atoms with Crippen molar-refractivity contribution in [3.05, 3.63) is 0 Å². The van der Waals surface area contributed by atoms with Crippen LogP contribution in [0.5, 0.6) is 0 Å². The summed E-state index contributed by atoms with van der Waals surface area (Å²) in [5, 5.41) is 0. The van der Waals surface area contributed by atoms with Crippen molar-refractivity contribution >= 4 is 8.58 Å². The highest BCUT2D eigenvalue weighted by atomic mass is 31.1. The summed E-state index contributed by atoms with van der Waals surface area (Å²) in [7, 11) is 1.21. The first-order chi connectivity index (χ1) is 6.62. The summed E-state index contributed by atoms with van der Waals surface area (Å²) in [6.07, 6.45) is 8.84. The van der Waals surface area contributed by atoms with Gasteiger partial charge in [-0.1, -0.05) is 47.0 Å². The van der Waals surface area contributed by atoms with Gasteiger partial charge in [-0.3, -0.25) is 0 Å². The van der Waals surface area contributed by atoms with Crippen LogP contribution in [-0.4, -0.2) is 11.3 Å². The minimum Gasteiger partial charge on any atom is -0.116 e. The van der Waals surface area contributed by atoms with Gasteiger partial charge in [-0.05, 0) is 36.0 Å². The third kappa shape index (κ3) is 3.23. The average Bonchev–Trinajstić information content (AvgIpc) is 2.17. The molecule has 0 aromatic rings. The van der Waals surface area contributed by atoms with Crippen LogP contribution in [0.1, 0.15) is 66.2 Å². The van der Waals surface area contributed by atoms with Crippen LogP contribution in [0.15, 0.2) is 0 Å². The Balaban J connectivity index is 2.49. The Labute approximate surface area is 92.0 Å². The summed E-state index contributed by atoms with van der Waals surface area (Å²) in [6.45, 7) is 9.55. The van der Waals surface area contributed by atoms with Gasteiger partial charge in [0.05, 0.1) is 0 Å². The molecule has 14 heavy (non-hydrogen) atoms. The fourth-order valence-corrected chi connectivity index (χ4v) is 4.82. The molecule has 0 heterocycles. The van der Waals surface area contributed by atoms with Crippen molar-refractivity contribution in [2.45, 2.75) is 77.5 Å². The van der Waals surface area contributed by atoms with Gasteiger partial charge in [-0.25, -0.2) is 0 Å². The topological polar surface area (TPSA) is 0 Å². The molecule has 1 fully saturated rings. The third-order valence-electron chi connectivity index (χ3n) is 4.01. The molecular weight excluding hydrogens is 187 g/mol. The Bertz CT molecular complexity index is 159. The molecule has 84 valence electrons. The molecule has 0 aliphatic heterocycles. The molecule has 1 aliphatic rings. The maximum absolute atomic E-state index is 2.39. The second kappa shape index (κ2) is 5.50. The minimum absolute atomic E-state index is 0.727. The van der Waals surface area contributed by atoms with E-state index in [0.717, 1.165) is 16.7 Å². The molecule has 0 saturated heterocycles. The second-order valence-corrected chi connectivity index (χ2v) is 7.63. The van der Waals surface area contributed by atoms with Crippen LogP contribution in [0.2, 0.25) is 0 Å². The van der Waals surface area contributed by atoms with E-state index in [2.05, 4.69) is 27.7 Å². The Morgan fingerprint density at radius 3 is 2.43 bits per heavy atom. The first kappa shape index (κ1) is 12.5. The molecule has 2 unspecified atom stereocenters. The SMILES string of the molecule is CCC1(CC)CCCC(PC(C)C)C1. The van der Waals surface area contributed by atoms with E-state index in [0.29, 0.717) is 0 Å². The molecule has 1 aliphatic carbocycles. The summed E-state index contributed by atoms with van der Waals surface area (Å²) < 4.78 is 0. The van der Waals surface area contributed by atoms with E-state index in [-0.39, 0.29) is 0 Å². The largest absolute Gasteiger partial charge is 0.116 e. The summed E-state index contributed by atoms with van der Waals surface area (Å²) in [5.74, 6) is 0. The van der Waals surface area contributed by atoms with Crippen molar-refractivity contribution in [3.63, 3.8) is 0 Å². The van der Waals surface area contributed by atoms with Gasteiger partial charge in [0.2, 0.25) is 0 Å². The monoisotopic (exact) mass is 214 g/mol. The first-order valence-corrected chi connectivity index (χ1v) is 7.53. The summed E-state index contributed by atoms with van der Waals surface area (Å²) in [4.78, 5) is 0.